The van der Waals surface area contributed by atoms with E-state index in [2.05, 4.69) is 10.2 Å². The summed E-state index contributed by atoms with van der Waals surface area (Å²) in [5.41, 5.74) is 0. The van der Waals surface area contributed by atoms with Gasteiger partial charge in [-0.2, -0.15) is 0 Å². The van der Waals surface area contributed by atoms with E-state index in [1.54, 1.807) is 0 Å². The van der Waals surface area contributed by atoms with Gasteiger partial charge in [-0.25, -0.2) is 0 Å². The van der Waals surface area contributed by atoms with Gasteiger partial charge in [0, 0.05) is 25.6 Å². The quantitative estimate of drug-likeness (QED) is 0.698. The van der Waals surface area contributed by atoms with Crippen molar-refractivity contribution in [3.63, 3.8) is 0 Å². The topological polar surface area (TPSA) is 32.3 Å². The number of hydrogen-bond donors (Lipinski definition) is 1. The van der Waals surface area contributed by atoms with Crippen molar-refractivity contribution >= 4 is 5.91 Å². The van der Waals surface area contributed by atoms with Crippen LogP contribution in [0.3, 0.4) is 0 Å². The van der Waals surface area contributed by atoms with Crippen LogP contribution < -0.4 is 5.32 Å². The maximum Gasteiger partial charge on any atom is 0.223 e. The summed E-state index contributed by atoms with van der Waals surface area (Å²) in [4.78, 5) is 13.9. The Labute approximate surface area is 84.8 Å². The Kier molecular flexibility index (Phi) is 2.01. The van der Waals surface area contributed by atoms with Gasteiger partial charge < -0.3 is 10.2 Å². The molecular weight excluding hydrogens is 176 g/mol. The molecular formula is C11H18N2O. The van der Waals surface area contributed by atoms with Gasteiger partial charge in [0.25, 0.3) is 0 Å². The number of hydrogen-bond acceptors (Lipinski definition) is 2. The van der Waals surface area contributed by atoms with Gasteiger partial charge in [0.15, 0.2) is 0 Å². The molecule has 3 aliphatic rings. The second-order valence-corrected chi connectivity index (χ2v) is 5.01. The summed E-state index contributed by atoms with van der Waals surface area (Å²) < 4.78 is 0. The van der Waals surface area contributed by atoms with Crippen molar-refractivity contribution < 1.29 is 4.79 Å². The number of carbonyl (C=O) groups is 1. The average Bonchev–Trinajstić information content (AvgIpc) is 2.91. The van der Waals surface area contributed by atoms with Crippen LogP contribution in [0.1, 0.15) is 25.7 Å². The fraction of sp³-hybridized carbons (Fsp3) is 0.909. The van der Waals surface area contributed by atoms with Gasteiger partial charge in [-0.1, -0.05) is 0 Å². The third-order valence-corrected chi connectivity index (χ3v) is 3.90. The maximum atomic E-state index is 11.8. The molecule has 2 saturated heterocycles. The van der Waals surface area contributed by atoms with Gasteiger partial charge >= 0.3 is 0 Å². The highest BCUT2D eigenvalue weighted by atomic mass is 16.2. The summed E-state index contributed by atoms with van der Waals surface area (Å²) in [5.74, 6) is 1.95. The van der Waals surface area contributed by atoms with Crippen LogP contribution in [0.2, 0.25) is 0 Å². The van der Waals surface area contributed by atoms with Gasteiger partial charge in [-0.15, -0.1) is 0 Å². The van der Waals surface area contributed by atoms with Crippen LogP contribution in [-0.4, -0.2) is 36.5 Å². The summed E-state index contributed by atoms with van der Waals surface area (Å²) in [5, 5.41) is 3.38. The zero-order valence-corrected chi connectivity index (χ0v) is 8.54. The molecule has 0 aromatic heterocycles. The molecule has 0 bridgehead atoms. The fourth-order valence-electron chi connectivity index (χ4n) is 2.70. The van der Waals surface area contributed by atoms with E-state index in [4.69, 9.17) is 0 Å². The lowest BCUT2D eigenvalue weighted by Crippen LogP contribution is -2.65. The van der Waals surface area contributed by atoms with Crippen LogP contribution in [0.25, 0.3) is 0 Å². The number of likely N-dealkylation sites (tertiary alicyclic amines) is 1. The first-order valence-corrected chi connectivity index (χ1v) is 5.85. The van der Waals surface area contributed by atoms with E-state index in [-0.39, 0.29) is 0 Å². The summed E-state index contributed by atoms with van der Waals surface area (Å²) >= 11 is 0. The van der Waals surface area contributed by atoms with Crippen LogP contribution in [0.15, 0.2) is 0 Å². The summed E-state index contributed by atoms with van der Waals surface area (Å²) in [6, 6.07) is 0.537. The van der Waals surface area contributed by atoms with Gasteiger partial charge in [0.1, 0.15) is 0 Å². The van der Waals surface area contributed by atoms with Crippen LogP contribution >= 0.6 is 0 Å². The van der Waals surface area contributed by atoms with Crippen molar-refractivity contribution in [2.75, 3.05) is 19.6 Å². The number of rotatable bonds is 2. The molecule has 2 heterocycles. The molecule has 0 aromatic carbocycles. The van der Waals surface area contributed by atoms with Gasteiger partial charge in [0.05, 0.1) is 0 Å². The summed E-state index contributed by atoms with van der Waals surface area (Å²) in [6.07, 6.45) is 4.65. The Balaban J connectivity index is 1.55. The number of carbonyl (C=O) groups excluding carboxylic acids is 1. The Hall–Kier alpha value is -0.570. The molecule has 2 aliphatic heterocycles. The molecule has 3 heteroatoms. The molecule has 1 N–H and O–H groups in total. The lowest BCUT2D eigenvalue weighted by atomic mass is 9.83. The first kappa shape index (κ1) is 8.72. The maximum absolute atomic E-state index is 11.8. The van der Waals surface area contributed by atoms with Crippen molar-refractivity contribution in [3.05, 3.63) is 0 Å². The zero-order chi connectivity index (χ0) is 9.54. The molecule has 78 valence electrons. The second kappa shape index (κ2) is 3.23. The number of nitrogens with one attached hydrogen (secondary N) is 1. The highest BCUT2D eigenvalue weighted by Crippen LogP contribution is 2.36. The molecule has 3 fully saturated rings. The number of fused-ring (bicyclic) bond motifs is 1. The van der Waals surface area contributed by atoms with E-state index >= 15 is 0 Å². The summed E-state index contributed by atoms with van der Waals surface area (Å²) in [6.45, 7) is 3.21. The average molecular weight is 194 g/mol. The second-order valence-electron chi connectivity index (χ2n) is 5.01. The molecule has 1 aliphatic carbocycles. The normalized spacial score (nSPS) is 36.1. The van der Waals surface area contributed by atoms with Crippen molar-refractivity contribution in [1.29, 1.82) is 0 Å². The molecule has 3 nitrogen and oxygen atoms in total. The molecule has 1 amide bonds. The largest absolute Gasteiger partial charge is 0.338 e. The first-order chi connectivity index (χ1) is 6.84. The van der Waals surface area contributed by atoms with Gasteiger partial charge in [-0.05, 0) is 37.6 Å². The molecule has 2 atom stereocenters. The molecule has 0 radical (unpaired) electrons. The van der Waals surface area contributed by atoms with Crippen molar-refractivity contribution in [2.45, 2.75) is 31.7 Å². The molecule has 3 rings (SSSR count). The van der Waals surface area contributed by atoms with Crippen molar-refractivity contribution in [1.82, 2.24) is 10.2 Å². The number of nitrogens with zero attached hydrogens (tertiary/aromatic N) is 1. The number of amides is 1. The van der Waals surface area contributed by atoms with Crippen LogP contribution in [0, 0.1) is 11.8 Å². The minimum atomic E-state index is 0.414. The predicted octanol–water partition coefficient (Wildman–Crippen LogP) is 0.607. The molecule has 14 heavy (non-hydrogen) atoms. The Bertz CT molecular complexity index is 250. The highest BCUT2D eigenvalue weighted by molar-refractivity contribution is 5.78. The molecule has 1 saturated carbocycles. The van der Waals surface area contributed by atoms with Crippen LogP contribution in [0.5, 0.6) is 0 Å². The lowest BCUT2D eigenvalue weighted by Gasteiger charge is -2.51. The lowest BCUT2D eigenvalue weighted by molar-refractivity contribution is -0.145. The zero-order valence-electron chi connectivity index (χ0n) is 8.54. The van der Waals surface area contributed by atoms with E-state index in [1.165, 1.54) is 19.3 Å². The van der Waals surface area contributed by atoms with E-state index in [0.717, 1.165) is 37.9 Å². The van der Waals surface area contributed by atoms with Gasteiger partial charge in [0.2, 0.25) is 5.91 Å². The van der Waals surface area contributed by atoms with E-state index in [0.29, 0.717) is 11.9 Å². The van der Waals surface area contributed by atoms with E-state index < -0.39 is 0 Å². The van der Waals surface area contributed by atoms with Crippen LogP contribution in [-0.2, 0) is 4.79 Å². The first-order valence-electron chi connectivity index (χ1n) is 5.85. The van der Waals surface area contributed by atoms with Crippen molar-refractivity contribution in [3.8, 4) is 0 Å². The SMILES string of the molecule is O=C(CC1CC1)N1C[C@@H]2CCNC[C@@H]21. The smallest absolute Gasteiger partial charge is 0.223 e. The summed E-state index contributed by atoms with van der Waals surface area (Å²) in [7, 11) is 0. The van der Waals surface area contributed by atoms with Crippen molar-refractivity contribution in [2.24, 2.45) is 11.8 Å². The van der Waals surface area contributed by atoms with E-state index in [1.807, 2.05) is 0 Å². The standard InChI is InChI=1S/C11H18N2O/c14-11(5-8-1-2-8)13-7-9-3-4-12-6-10(9)13/h8-10,12H,1-7H2/t9-,10-/m0/s1. The monoisotopic (exact) mass is 194 g/mol. The Morgan fingerprint density at radius 2 is 2.21 bits per heavy atom. The highest BCUT2D eigenvalue weighted by Gasteiger charge is 2.43. The fourth-order valence-corrected chi connectivity index (χ4v) is 2.70. The minimum Gasteiger partial charge on any atom is -0.338 e. The Morgan fingerprint density at radius 3 is 2.93 bits per heavy atom. The number of piperidine rings is 1. The molecule has 0 spiro atoms. The third kappa shape index (κ3) is 1.44. The Morgan fingerprint density at radius 1 is 1.36 bits per heavy atom. The van der Waals surface area contributed by atoms with E-state index in [9.17, 15) is 4.79 Å². The predicted molar refractivity (Wildman–Crippen MR) is 53.8 cm³/mol. The molecule has 0 unspecified atom stereocenters. The van der Waals surface area contributed by atoms with Crippen LogP contribution in [0.4, 0.5) is 0 Å². The minimum absolute atomic E-state index is 0.414. The third-order valence-electron chi connectivity index (χ3n) is 3.90. The van der Waals surface area contributed by atoms with Gasteiger partial charge in [-0.3, -0.25) is 4.79 Å². The molecule has 0 aromatic rings.